The topological polar surface area (TPSA) is 67.5 Å². The van der Waals surface area contributed by atoms with Crippen LogP contribution in [0.25, 0.3) is 11.3 Å². The monoisotopic (exact) mass is 246 g/mol. The van der Waals surface area contributed by atoms with Gasteiger partial charge in [0.2, 0.25) is 0 Å². The molecular weight excluding hydrogens is 232 g/mol. The van der Waals surface area contributed by atoms with Crippen LogP contribution in [0, 0.1) is 6.92 Å². The number of benzene rings is 1. The predicted octanol–water partition coefficient (Wildman–Crippen LogP) is 1.27. The van der Waals surface area contributed by atoms with Crippen molar-refractivity contribution in [3.8, 4) is 17.0 Å². The Hall–Kier alpha value is -1.85. The van der Waals surface area contributed by atoms with Gasteiger partial charge in [-0.2, -0.15) is 5.10 Å². The molecule has 94 valence electrons. The highest BCUT2D eigenvalue weighted by Crippen LogP contribution is 2.39. The van der Waals surface area contributed by atoms with Crippen LogP contribution in [-0.4, -0.2) is 20.0 Å². The van der Waals surface area contributed by atoms with Crippen LogP contribution in [-0.2, 0) is 13.7 Å². The summed E-state index contributed by atoms with van der Waals surface area (Å²) in [4.78, 5) is 0. The number of fused-ring (bicyclic) bond motifs is 3. The van der Waals surface area contributed by atoms with Crippen LogP contribution in [0.5, 0.6) is 5.75 Å². The summed E-state index contributed by atoms with van der Waals surface area (Å²) >= 11 is 0. The van der Waals surface area contributed by atoms with Gasteiger partial charge in [0.15, 0.2) is 6.29 Å². The first-order chi connectivity index (χ1) is 8.58. The first-order valence-electron chi connectivity index (χ1n) is 5.73. The molecule has 0 aliphatic carbocycles. The van der Waals surface area contributed by atoms with Gasteiger partial charge in [0, 0.05) is 18.2 Å². The number of aliphatic hydroxyl groups excluding tert-OH is 1. The van der Waals surface area contributed by atoms with Gasteiger partial charge in [-0.25, -0.2) is 0 Å². The molecule has 5 heteroatoms. The maximum Gasteiger partial charge on any atom is 0.198 e. The Morgan fingerprint density at radius 2 is 2.17 bits per heavy atom. The molecule has 1 aromatic carbocycles. The zero-order valence-corrected chi connectivity index (χ0v) is 10.2. The normalized spacial score (nSPS) is 13.2. The van der Waals surface area contributed by atoms with Gasteiger partial charge in [0.1, 0.15) is 18.1 Å². The van der Waals surface area contributed by atoms with Gasteiger partial charge in [0.25, 0.3) is 0 Å². The van der Waals surface area contributed by atoms with Crippen molar-refractivity contribution in [2.24, 2.45) is 7.05 Å². The Labute approximate surface area is 104 Å². The van der Waals surface area contributed by atoms with Gasteiger partial charge in [-0.15, -0.1) is 0 Å². The van der Waals surface area contributed by atoms with Crippen molar-refractivity contribution < 1.29 is 14.9 Å². The molecule has 0 amide bonds. The molecule has 0 spiro atoms. The quantitative estimate of drug-likeness (QED) is 0.744. The third-order valence-corrected chi connectivity index (χ3v) is 3.18. The first-order valence-corrected chi connectivity index (χ1v) is 5.73. The van der Waals surface area contributed by atoms with Gasteiger partial charge in [-0.1, -0.05) is 11.6 Å². The van der Waals surface area contributed by atoms with Crippen LogP contribution < -0.4 is 4.74 Å². The Morgan fingerprint density at radius 3 is 2.89 bits per heavy atom. The molecular formula is C13H14N2O3. The van der Waals surface area contributed by atoms with Crippen LogP contribution in [0.4, 0.5) is 0 Å². The summed E-state index contributed by atoms with van der Waals surface area (Å²) in [5.41, 5.74) is 3.96. The fraction of sp³-hybridized carbons (Fsp3) is 0.308. The lowest BCUT2D eigenvalue weighted by atomic mass is 10.0. The van der Waals surface area contributed by atoms with Crippen LogP contribution in [0.1, 0.15) is 23.1 Å². The average molecular weight is 246 g/mol. The summed E-state index contributed by atoms with van der Waals surface area (Å²) < 4.78 is 7.31. The van der Waals surface area contributed by atoms with Crippen molar-refractivity contribution >= 4 is 0 Å². The minimum Gasteiger partial charge on any atom is -0.488 e. The third-order valence-electron chi connectivity index (χ3n) is 3.18. The summed E-state index contributed by atoms with van der Waals surface area (Å²) in [6, 6.07) is 5.93. The van der Waals surface area contributed by atoms with Gasteiger partial charge in [0.05, 0.1) is 5.69 Å². The van der Waals surface area contributed by atoms with Crippen molar-refractivity contribution in [1.82, 2.24) is 9.78 Å². The Morgan fingerprint density at radius 1 is 1.39 bits per heavy atom. The highest BCUT2D eigenvalue weighted by Gasteiger charge is 2.27. The first kappa shape index (κ1) is 11.3. The van der Waals surface area contributed by atoms with E-state index in [1.807, 2.05) is 25.1 Å². The molecule has 2 N–H and O–H groups in total. The molecule has 2 heterocycles. The maximum atomic E-state index is 9.32. The van der Waals surface area contributed by atoms with Crippen molar-refractivity contribution in [1.29, 1.82) is 0 Å². The summed E-state index contributed by atoms with van der Waals surface area (Å²) in [6.45, 7) is 2.32. The number of aliphatic hydroxyl groups is 2. The molecule has 0 radical (unpaired) electrons. The van der Waals surface area contributed by atoms with Gasteiger partial charge < -0.3 is 14.9 Å². The average Bonchev–Trinajstić information content (AvgIpc) is 2.67. The number of nitrogens with zero attached hydrogens (tertiary/aromatic N) is 2. The Bertz CT molecular complexity index is 617. The van der Waals surface area contributed by atoms with E-state index in [1.165, 1.54) is 0 Å². The lowest BCUT2D eigenvalue weighted by Crippen LogP contribution is -2.09. The summed E-state index contributed by atoms with van der Waals surface area (Å²) in [6.07, 6.45) is -1.57. The molecule has 1 aromatic heterocycles. The minimum absolute atomic E-state index is 0.264. The second-order valence-corrected chi connectivity index (χ2v) is 4.50. The SMILES string of the molecule is Cc1ccc2c(c1)-c1c(c(C(O)O)nn1C)CO2. The number of rotatable bonds is 1. The van der Waals surface area contributed by atoms with E-state index in [0.717, 1.165) is 28.1 Å². The minimum atomic E-state index is -1.57. The molecule has 0 unspecified atom stereocenters. The van der Waals surface area contributed by atoms with Crippen molar-refractivity contribution in [2.75, 3.05) is 0 Å². The molecule has 3 rings (SSSR count). The molecule has 0 fully saturated rings. The van der Waals surface area contributed by atoms with Gasteiger partial charge >= 0.3 is 0 Å². The molecule has 5 nitrogen and oxygen atoms in total. The second-order valence-electron chi connectivity index (χ2n) is 4.50. The van der Waals surface area contributed by atoms with E-state index in [0.29, 0.717) is 6.61 Å². The molecule has 0 atom stereocenters. The standard InChI is InChI=1S/C13H14N2O3/c1-7-3-4-10-8(5-7)12-9(6-18-10)11(13(16)17)14-15(12)2/h3-5,13,16-17H,6H2,1-2H3. The van der Waals surface area contributed by atoms with Gasteiger partial charge in [-0.3, -0.25) is 4.68 Å². The van der Waals surface area contributed by atoms with Crippen molar-refractivity contribution in [3.05, 3.63) is 35.0 Å². The molecule has 2 aromatic rings. The number of aryl methyl sites for hydroxylation is 2. The van der Waals surface area contributed by atoms with E-state index >= 15 is 0 Å². The maximum absolute atomic E-state index is 9.32. The van der Waals surface area contributed by atoms with Crippen LogP contribution in [0.2, 0.25) is 0 Å². The third kappa shape index (κ3) is 1.52. The Kier molecular flexibility index (Phi) is 2.39. The summed E-state index contributed by atoms with van der Waals surface area (Å²) in [7, 11) is 1.79. The number of aromatic nitrogens is 2. The van der Waals surface area contributed by atoms with E-state index in [4.69, 9.17) is 4.74 Å². The molecule has 0 saturated heterocycles. The van der Waals surface area contributed by atoms with E-state index in [2.05, 4.69) is 5.10 Å². The molecule has 18 heavy (non-hydrogen) atoms. The molecule has 0 bridgehead atoms. The summed E-state index contributed by atoms with van der Waals surface area (Å²) in [5.74, 6) is 0.801. The lowest BCUT2D eigenvalue weighted by Gasteiger charge is -2.19. The predicted molar refractivity (Wildman–Crippen MR) is 64.9 cm³/mol. The van der Waals surface area contributed by atoms with E-state index in [1.54, 1.807) is 11.7 Å². The number of hydrogen-bond donors (Lipinski definition) is 2. The lowest BCUT2D eigenvalue weighted by molar-refractivity contribution is -0.0472. The van der Waals surface area contributed by atoms with Crippen LogP contribution in [0.15, 0.2) is 18.2 Å². The number of ether oxygens (including phenoxy) is 1. The Balaban J connectivity index is 2.27. The van der Waals surface area contributed by atoms with E-state index in [-0.39, 0.29) is 5.69 Å². The fourth-order valence-electron chi connectivity index (χ4n) is 2.38. The van der Waals surface area contributed by atoms with E-state index in [9.17, 15) is 10.2 Å². The van der Waals surface area contributed by atoms with Gasteiger partial charge in [-0.05, 0) is 19.1 Å². The van der Waals surface area contributed by atoms with Crippen LogP contribution in [0.3, 0.4) is 0 Å². The highest BCUT2D eigenvalue weighted by molar-refractivity contribution is 5.73. The van der Waals surface area contributed by atoms with Crippen molar-refractivity contribution in [3.63, 3.8) is 0 Å². The highest BCUT2D eigenvalue weighted by atomic mass is 16.5. The zero-order chi connectivity index (χ0) is 12.9. The summed E-state index contributed by atoms with van der Waals surface area (Å²) in [5, 5.41) is 22.8. The van der Waals surface area contributed by atoms with E-state index < -0.39 is 6.29 Å². The molecule has 1 aliphatic heterocycles. The molecule has 0 saturated carbocycles. The number of hydrogen-bond acceptors (Lipinski definition) is 4. The zero-order valence-electron chi connectivity index (χ0n) is 10.2. The second kappa shape index (κ2) is 3.83. The largest absolute Gasteiger partial charge is 0.488 e. The smallest absolute Gasteiger partial charge is 0.198 e. The molecule has 1 aliphatic rings. The fourth-order valence-corrected chi connectivity index (χ4v) is 2.38. The van der Waals surface area contributed by atoms with Crippen molar-refractivity contribution in [2.45, 2.75) is 19.8 Å². The van der Waals surface area contributed by atoms with Crippen LogP contribution >= 0.6 is 0 Å².